The first-order valence-corrected chi connectivity index (χ1v) is 5.95. The molecule has 0 saturated carbocycles. The first-order chi connectivity index (χ1) is 9.61. The molecule has 0 heterocycles. The van der Waals surface area contributed by atoms with E-state index in [-0.39, 0.29) is 17.4 Å². The second-order valence-electron chi connectivity index (χ2n) is 4.12. The van der Waals surface area contributed by atoms with Gasteiger partial charge in [-0.3, -0.25) is 14.6 Å². The number of amides is 1. The number of nitrogens with two attached hydrogens (primary N) is 1. The molecule has 0 saturated heterocycles. The quantitative estimate of drug-likeness (QED) is 0.514. The maximum Gasteiger partial charge on any atom is 0.271 e. The number of hydrogen-bond donors (Lipinski definition) is 1. The number of ether oxygens (including phenoxy) is 1. The van der Waals surface area contributed by atoms with E-state index in [4.69, 9.17) is 10.6 Å². The molecule has 0 bridgehead atoms. The van der Waals surface area contributed by atoms with Crippen LogP contribution in [0, 0.1) is 0 Å². The second kappa shape index (κ2) is 5.99. The predicted octanol–water partition coefficient (Wildman–Crippen LogP) is 1.56. The Hall–Kier alpha value is -2.66. The SMILES string of the molecule is COC1=C/C(=C/N(N)C(=O)c2ccccc2)C=CC1=O. The van der Waals surface area contributed by atoms with Crippen LogP contribution in [0.3, 0.4) is 0 Å². The number of hydrazine groups is 1. The third-order valence-electron chi connectivity index (χ3n) is 2.73. The monoisotopic (exact) mass is 270 g/mol. The molecule has 0 spiro atoms. The number of carbonyl (C=O) groups excluding carboxylic acids is 2. The number of methoxy groups -OCH3 is 1. The van der Waals surface area contributed by atoms with Crippen molar-refractivity contribution in [3.05, 3.63) is 71.7 Å². The molecule has 1 aromatic rings. The molecule has 1 amide bonds. The van der Waals surface area contributed by atoms with Gasteiger partial charge in [-0.05, 0) is 35.9 Å². The molecule has 0 unspecified atom stereocenters. The molecule has 2 rings (SSSR count). The molecule has 0 radical (unpaired) electrons. The van der Waals surface area contributed by atoms with E-state index in [1.165, 1.54) is 25.5 Å². The Balaban J connectivity index is 2.19. The highest BCUT2D eigenvalue weighted by atomic mass is 16.5. The average Bonchev–Trinajstić information content (AvgIpc) is 2.49. The van der Waals surface area contributed by atoms with Crippen molar-refractivity contribution in [3.63, 3.8) is 0 Å². The number of nitrogens with zero attached hydrogens (tertiary/aromatic N) is 1. The Bertz CT molecular complexity index is 615. The van der Waals surface area contributed by atoms with Gasteiger partial charge in [-0.15, -0.1) is 0 Å². The van der Waals surface area contributed by atoms with Crippen molar-refractivity contribution in [2.75, 3.05) is 7.11 Å². The third kappa shape index (κ3) is 3.02. The Morgan fingerprint density at radius 3 is 2.60 bits per heavy atom. The summed E-state index contributed by atoms with van der Waals surface area (Å²) in [6.07, 6.45) is 5.91. The summed E-state index contributed by atoms with van der Waals surface area (Å²) in [5, 5.41) is 0.981. The van der Waals surface area contributed by atoms with Crippen LogP contribution in [0.25, 0.3) is 0 Å². The van der Waals surface area contributed by atoms with Crippen molar-refractivity contribution in [2.24, 2.45) is 5.84 Å². The maximum absolute atomic E-state index is 12.0. The zero-order valence-corrected chi connectivity index (χ0v) is 10.9. The van der Waals surface area contributed by atoms with Gasteiger partial charge < -0.3 is 4.74 Å². The van der Waals surface area contributed by atoms with Crippen LogP contribution in [-0.2, 0) is 9.53 Å². The molecule has 0 aliphatic heterocycles. The normalized spacial score (nSPS) is 16.0. The van der Waals surface area contributed by atoms with E-state index in [0.29, 0.717) is 11.1 Å². The zero-order valence-electron chi connectivity index (χ0n) is 10.9. The number of hydrogen-bond acceptors (Lipinski definition) is 4. The lowest BCUT2D eigenvalue weighted by molar-refractivity contribution is -0.114. The van der Waals surface area contributed by atoms with Gasteiger partial charge in [-0.25, -0.2) is 5.84 Å². The fourth-order valence-electron chi connectivity index (χ4n) is 1.71. The molecule has 0 aromatic heterocycles. The van der Waals surface area contributed by atoms with E-state index in [2.05, 4.69) is 0 Å². The minimum Gasteiger partial charge on any atom is -0.493 e. The molecule has 1 aliphatic carbocycles. The highest BCUT2D eigenvalue weighted by molar-refractivity contribution is 6.04. The standard InChI is InChI=1S/C15H14N2O3/c1-20-14-9-11(7-8-13(14)18)10-17(16)15(19)12-5-3-2-4-6-12/h2-10H,16H2,1H3/b11-10+. The number of allylic oxidation sites excluding steroid dienone is 4. The molecular formula is C15H14N2O3. The molecular weight excluding hydrogens is 256 g/mol. The van der Waals surface area contributed by atoms with Crippen LogP contribution in [-0.4, -0.2) is 23.8 Å². The molecule has 5 nitrogen and oxygen atoms in total. The van der Waals surface area contributed by atoms with Crippen molar-refractivity contribution < 1.29 is 14.3 Å². The van der Waals surface area contributed by atoms with E-state index in [0.717, 1.165) is 5.01 Å². The highest BCUT2D eigenvalue weighted by Crippen LogP contribution is 2.14. The van der Waals surface area contributed by atoms with Crippen LogP contribution in [0.2, 0.25) is 0 Å². The molecule has 1 aliphatic rings. The van der Waals surface area contributed by atoms with Gasteiger partial charge in [0.05, 0.1) is 7.11 Å². The van der Waals surface area contributed by atoms with Crippen molar-refractivity contribution in [1.82, 2.24) is 5.01 Å². The first-order valence-electron chi connectivity index (χ1n) is 5.95. The highest BCUT2D eigenvalue weighted by Gasteiger charge is 2.14. The second-order valence-corrected chi connectivity index (χ2v) is 4.12. The Labute approximate surface area is 116 Å². The summed E-state index contributed by atoms with van der Waals surface area (Å²) in [6, 6.07) is 8.69. The van der Waals surface area contributed by atoms with Gasteiger partial charge in [0.15, 0.2) is 5.76 Å². The lowest BCUT2D eigenvalue weighted by atomic mass is 10.1. The first kappa shape index (κ1) is 13.8. The van der Waals surface area contributed by atoms with Crippen LogP contribution in [0.15, 0.2) is 66.1 Å². The van der Waals surface area contributed by atoms with E-state index >= 15 is 0 Å². The molecule has 102 valence electrons. The van der Waals surface area contributed by atoms with Crippen LogP contribution < -0.4 is 5.84 Å². The fourth-order valence-corrected chi connectivity index (χ4v) is 1.71. The fraction of sp³-hybridized carbons (Fsp3) is 0.0667. The minimum absolute atomic E-state index is 0.208. The summed E-state index contributed by atoms with van der Waals surface area (Å²) in [5.74, 6) is 5.37. The Morgan fingerprint density at radius 1 is 1.25 bits per heavy atom. The molecule has 0 fully saturated rings. The molecule has 1 aromatic carbocycles. The lowest BCUT2D eigenvalue weighted by Crippen LogP contribution is -2.32. The summed E-state index contributed by atoms with van der Waals surface area (Å²) in [5.41, 5.74) is 1.09. The van der Waals surface area contributed by atoms with Gasteiger partial charge in [-0.2, -0.15) is 0 Å². The molecule has 2 N–H and O–H groups in total. The van der Waals surface area contributed by atoms with Crippen LogP contribution >= 0.6 is 0 Å². The van der Waals surface area contributed by atoms with Gasteiger partial charge in [0.25, 0.3) is 5.91 Å². The van der Waals surface area contributed by atoms with Gasteiger partial charge in [0, 0.05) is 11.8 Å². The van der Waals surface area contributed by atoms with Gasteiger partial charge >= 0.3 is 0 Å². The van der Waals surface area contributed by atoms with Crippen molar-refractivity contribution in [1.29, 1.82) is 0 Å². The van der Waals surface area contributed by atoms with Crippen LogP contribution in [0.1, 0.15) is 10.4 Å². The topological polar surface area (TPSA) is 72.6 Å². The summed E-state index contributed by atoms with van der Waals surface area (Å²) < 4.78 is 4.94. The van der Waals surface area contributed by atoms with Gasteiger partial charge in [0.1, 0.15) is 0 Å². The third-order valence-corrected chi connectivity index (χ3v) is 2.73. The van der Waals surface area contributed by atoms with Crippen molar-refractivity contribution in [2.45, 2.75) is 0 Å². The maximum atomic E-state index is 12.0. The van der Waals surface area contributed by atoms with Crippen molar-refractivity contribution >= 4 is 11.7 Å². The van der Waals surface area contributed by atoms with Crippen molar-refractivity contribution in [3.8, 4) is 0 Å². The average molecular weight is 270 g/mol. The number of benzene rings is 1. The predicted molar refractivity (Wildman–Crippen MR) is 74.1 cm³/mol. The lowest BCUT2D eigenvalue weighted by Gasteiger charge is -2.14. The molecule has 5 heteroatoms. The largest absolute Gasteiger partial charge is 0.493 e. The molecule has 20 heavy (non-hydrogen) atoms. The van der Waals surface area contributed by atoms with Crippen LogP contribution in [0.4, 0.5) is 0 Å². The van der Waals surface area contributed by atoms with E-state index in [9.17, 15) is 9.59 Å². The summed E-state index contributed by atoms with van der Waals surface area (Å²) in [6.45, 7) is 0. The van der Waals surface area contributed by atoms with Gasteiger partial charge in [-0.1, -0.05) is 18.2 Å². The van der Waals surface area contributed by atoms with E-state index < -0.39 is 0 Å². The Morgan fingerprint density at radius 2 is 1.95 bits per heavy atom. The number of rotatable bonds is 3. The summed E-state index contributed by atoms with van der Waals surface area (Å²) in [7, 11) is 1.41. The smallest absolute Gasteiger partial charge is 0.271 e. The number of carbonyl (C=O) groups is 2. The zero-order chi connectivity index (χ0) is 14.5. The summed E-state index contributed by atoms with van der Waals surface area (Å²) >= 11 is 0. The van der Waals surface area contributed by atoms with Gasteiger partial charge in [0.2, 0.25) is 5.78 Å². The number of ketones is 1. The minimum atomic E-state index is -0.337. The Kier molecular flexibility index (Phi) is 4.12. The molecule has 0 atom stereocenters. The van der Waals surface area contributed by atoms with E-state index in [1.54, 1.807) is 30.3 Å². The van der Waals surface area contributed by atoms with Crippen LogP contribution in [0.5, 0.6) is 0 Å². The summed E-state index contributed by atoms with van der Waals surface area (Å²) in [4.78, 5) is 23.4. The van der Waals surface area contributed by atoms with E-state index in [1.807, 2.05) is 6.07 Å².